The van der Waals surface area contributed by atoms with E-state index in [-0.39, 0.29) is 11.9 Å². The molecule has 2 aliphatic rings. The lowest BCUT2D eigenvalue weighted by molar-refractivity contribution is 0.0345. The summed E-state index contributed by atoms with van der Waals surface area (Å²) in [5, 5.41) is 0. The van der Waals surface area contributed by atoms with Crippen molar-refractivity contribution in [1.29, 1.82) is 0 Å². The highest BCUT2D eigenvalue weighted by Crippen LogP contribution is 2.22. The van der Waals surface area contributed by atoms with Crippen molar-refractivity contribution in [2.24, 2.45) is 0 Å². The van der Waals surface area contributed by atoms with Crippen molar-refractivity contribution in [2.45, 2.75) is 19.4 Å². The van der Waals surface area contributed by atoms with E-state index in [2.05, 4.69) is 21.6 Å². The van der Waals surface area contributed by atoms with Crippen molar-refractivity contribution < 1.29 is 9.13 Å². The fourth-order valence-electron chi connectivity index (χ4n) is 3.69. The molecule has 1 aromatic rings. The lowest BCUT2D eigenvalue weighted by Gasteiger charge is -2.38. The highest BCUT2D eigenvalue weighted by Gasteiger charge is 2.22. The Morgan fingerprint density at radius 3 is 2.33 bits per heavy atom. The number of nitrogens with zero attached hydrogens (tertiary/aromatic N) is 3. The molecule has 24 heavy (non-hydrogen) atoms. The van der Waals surface area contributed by atoms with Crippen LogP contribution in [0.1, 0.15) is 24.9 Å². The molecule has 0 spiro atoms. The van der Waals surface area contributed by atoms with Crippen LogP contribution in [0.25, 0.3) is 0 Å². The topological polar surface area (TPSA) is 19.0 Å². The van der Waals surface area contributed by atoms with Crippen LogP contribution >= 0.6 is 0 Å². The molecule has 0 aromatic heterocycles. The predicted molar refractivity (Wildman–Crippen MR) is 94.7 cm³/mol. The molecular weight excluding hydrogens is 305 g/mol. The lowest BCUT2D eigenvalue weighted by Crippen LogP contribution is -2.47. The molecule has 1 unspecified atom stereocenters. The average Bonchev–Trinajstić information content (AvgIpc) is 2.63. The summed E-state index contributed by atoms with van der Waals surface area (Å²) in [5.41, 5.74) is 1.08. The van der Waals surface area contributed by atoms with Gasteiger partial charge in [0.1, 0.15) is 5.82 Å². The maximum atomic E-state index is 13.4. The summed E-state index contributed by atoms with van der Waals surface area (Å²) in [4.78, 5) is 7.54. The van der Waals surface area contributed by atoms with Crippen LogP contribution in [0.15, 0.2) is 24.3 Å². The van der Waals surface area contributed by atoms with E-state index in [0.717, 1.165) is 58.0 Å². The van der Waals surface area contributed by atoms with Crippen LogP contribution in [0.2, 0.25) is 0 Å². The van der Waals surface area contributed by atoms with Crippen LogP contribution in [-0.4, -0.2) is 80.3 Å². The molecule has 0 amide bonds. The molecule has 0 bridgehead atoms. The van der Waals surface area contributed by atoms with Gasteiger partial charge in [-0.3, -0.25) is 9.80 Å². The van der Waals surface area contributed by atoms with E-state index in [1.165, 1.54) is 25.6 Å². The Bertz CT molecular complexity index is 499. The number of hydrogen-bond acceptors (Lipinski definition) is 4. The van der Waals surface area contributed by atoms with Crippen molar-refractivity contribution in [1.82, 2.24) is 14.7 Å². The standard InChI is InChI=1S/C19H30FN3O/c1-17(18-4-2-5-19(20)16-18)23-10-8-21(9-11-23)6-3-7-22-12-14-24-15-13-22/h2,4-5,16-17H,3,6-15H2,1H3. The maximum absolute atomic E-state index is 13.4. The summed E-state index contributed by atoms with van der Waals surface area (Å²) >= 11 is 0. The number of rotatable bonds is 6. The minimum Gasteiger partial charge on any atom is -0.379 e. The van der Waals surface area contributed by atoms with E-state index in [1.807, 2.05) is 12.1 Å². The molecule has 0 saturated carbocycles. The Labute approximate surface area is 145 Å². The quantitative estimate of drug-likeness (QED) is 0.793. The number of piperazine rings is 1. The highest BCUT2D eigenvalue weighted by molar-refractivity contribution is 5.19. The Morgan fingerprint density at radius 2 is 1.67 bits per heavy atom. The van der Waals surface area contributed by atoms with Crippen molar-refractivity contribution in [3.63, 3.8) is 0 Å². The Morgan fingerprint density at radius 1 is 1.00 bits per heavy atom. The first-order chi connectivity index (χ1) is 11.7. The molecule has 3 rings (SSSR count). The van der Waals surface area contributed by atoms with E-state index >= 15 is 0 Å². The van der Waals surface area contributed by atoms with Gasteiger partial charge in [-0.15, -0.1) is 0 Å². The average molecular weight is 335 g/mol. The zero-order valence-corrected chi connectivity index (χ0v) is 14.8. The first kappa shape index (κ1) is 17.8. The molecule has 4 nitrogen and oxygen atoms in total. The van der Waals surface area contributed by atoms with Gasteiger partial charge in [0.15, 0.2) is 0 Å². The second kappa shape index (κ2) is 8.90. The molecule has 1 atom stereocenters. The normalized spacial score (nSPS) is 22.6. The fraction of sp³-hybridized carbons (Fsp3) is 0.684. The lowest BCUT2D eigenvalue weighted by atomic mass is 10.1. The Balaban J connectivity index is 1.37. The van der Waals surface area contributed by atoms with Gasteiger partial charge in [0, 0.05) is 45.3 Å². The third kappa shape index (κ3) is 4.99. The number of morpholine rings is 1. The molecule has 0 radical (unpaired) electrons. The molecule has 2 saturated heterocycles. The summed E-state index contributed by atoms with van der Waals surface area (Å²) in [6.45, 7) is 12.8. The molecule has 2 fully saturated rings. The van der Waals surface area contributed by atoms with Crippen LogP contribution in [-0.2, 0) is 4.74 Å². The number of halogens is 1. The van der Waals surface area contributed by atoms with E-state index < -0.39 is 0 Å². The second-order valence-corrected chi connectivity index (χ2v) is 6.92. The summed E-state index contributed by atoms with van der Waals surface area (Å²) in [6, 6.07) is 7.31. The van der Waals surface area contributed by atoms with Gasteiger partial charge >= 0.3 is 0 Å². The van der Waals surface area contributed by atoms with Crippen LogP contribution in [0.5, 0.6) is 0 Å². The zero-order valence-electron chi connectivity index (χ0n) is 14.8. The van der Waals surface area contributed by atoms with E-state index in [9.17, 15) is 4.39 Å². The number of hydrogen-bond donors (Lipinski definition) is 0. The third-order valence-corrected chi connectivity index (χ3v) is 5.34. The van der Waals surface area contributed by atoms with Crippen LogP contribution in [0.4, 0.5) is 4.39 Å². The minimum atomic E-state index is -0.138. The maximum Gasteiger partial charge on any atom is 0.123 e. The summed E-state index contributed by atoms with van der Waals surface area (Å²) in [5.74, 6) is -0.138. The smallest absolute Gasteiger partial charge is 0.123 e. The molecule has 0 N–H and O–H groups in total. The molecular formula is C19H30FN3O. The molecule has 2 heterocycles. The molecule has 0 aliphatic carbocycles. The molecule has 1 aromatic carbocycles. The highest BCUT2D eigenvalue weighted by atomic mass is 19.1. The van der Waals surface area contributed by atoms with Crippen LogP contribution in [0.3, 0.4) is 0 Å². The van der Waals surface area contributed by atoms with Gasteiger partial charge in [0.2, 0.25) is 0 Å². The summed E-state index contributed by atoms with van der Waals surface area (Å²) < 4.78 is 18.8. The van der Waals surface area contributed by atoms with Crippen LogP contribution < -0.4 is 0 Å². The van der Waals surface area contributed by atoms with E-state index in [1.54, 1.807) is 6.07 Å². The van der Waals surface area contributed by atoms with Gasteiger partial charge in [-0.2, -0.15) is 0 Å². The monoisotopic (exact) mass is 335 g/mol. The number of benzene rings is 1. The fourth-order valence-corrected chi connectivity index (χ4v) is 3.69. The minimum absolute atomic E-state index is 0.138. The predicted octanol–water partition coefficient (Wildman–Crippen LogP) is 2.23. The summed E-state index contributed by atoms with van der Waals surface area (Å²) in [6.07, 6.45) is 1.24. The van der Waals surface area contributed by atoms with Gasteiger partial charge < -0.3 is 9.64 Å². The van der Waals surface area contributed by atoms with Gasteiger partial charge in [0.25, 0.3) is 0 Å². The Kier molecular flexibility index (Phi) is 6.60. The first-order valence-corrected chi connectivity index (χ1v) is 9.24. The third-order valence-electron chi connectivity index (χ3n) is 5.34. The van der Waals surface area contributed by atoms with E-state index in [0.29, 0.717) is 0 Å². The first-order valence-electron chi connectivity index (χ1n) is 9.24. The van der Waals surface area contributed by atoms with Gasteiger partial charge in [-0.1, -0.05) is 12.1 Å². The van der Waals surface area contributed by atoms with Crippen molar-refractivity contribution in [3.8, 4) is 0 Å². The van der Waals surface area contributed by atoms with Crippen LogP contribution in [0, 0.1) is 5.82 Å². The van der Waals surface area contributed by atoms with E-state index in [4.69, 9.17) is 4.74 Å². The van der Waals surface area contributed by atoms with Crippen molar-refractivity contribution in [2.75, 3.05) is 65.6 Å². The van der Waals surface area contributed by atoms with Gasteiger partial charge in [0.05, 0.1) is 13.2 Å². The zero-order chi connectivity index (χ0) is 16.8. The molecule has 2 aliphatic heterocycles. The second-order valence-electron chi connectivity index (χ2n) is 6.92. The molecule has 5 heteroatoms. The Hall–Kier alpha value is -1.01. The molecule has 134 valence electrons. The van der Waals surface area contributed by atoms with Gasteiger partial charge in [-0.05, 0) is 44.1 Å². The van der Waals surface area contributed by atoms with Gasteiger partial charge in [-0.25, -0.2) is 4.39 Å². The largest absolute Gasteiger partial charge is 0.379 e. The van der Waals surface area contributed by atoms with Crippen molar-refractivity contribution in [3.05, 3.63) is 35.6 Å². The summed E-state index contributed by atoms with van der Waals surface area (Å²) in [7, 11) is 0. The van der Waals surface area contributed by atoms with Crippen molar-refractivity contribution >= 4 is 0 Å². The number of ether oxygens (including phenoxy) is 1. The SMILES string of the molecule is CC(c1cccc(F)c1)N1CCN(CCCN2CCOCC2)CC1.